The molecular weight excluding hydrogens is 570 g/mol. The molecule has 0 bridgehead atoms. The van der Waals surface area contributed by atoms with Gasteiger partial charge in [0.25, 0.3) is 5.91 Å². The highest BCUT2D eigenvalue weighted by Crippen LogP contribution is 2.34. The summed E-state index contributed by atoms with van der Waals surface area (Å²) in [5.74, 6) is 1.60. The largest absolute Gasteiger partial charge is 0.487 e. The highest BCUT2D eigenvalue weighted by atomic mass is 32.2. The van der Waals surface area contributed by atoms with Crippen molar-refractivity contribution in [2.75, 3.05) is 47.6 Å². The number of carbonyl (C=O) groups is 1. The van der Waals surface area contributed by atoms with Crippen molar-refractivity contribution in [2.45, 2.75) is 37.4 Å². The van der Waals surface area contributed by atoms with E-state index in [4.69, 9.17) is 14.2 Å². The van der Waals surface area contributed by atoms with Gasteiger partial charge in [0.1, 0.15) is 16.7 Å². The van der Waals surface area contributed by atoms with Gasteiger partial charge in [-0.2, -0.15) is 0 Å². The number of ether oxygens (including phenoxy) is 3. The van der Waals surface area contributed by atoms with E-state index in [-0.39, 0.29) is 42.3 Å². The normalized spacial score (nSPS) is 15.2. The second kappa shape index (κ2) is 14.8. The maximum Gasteiger partial charge on any atom is 0.253 e. The Kier molecular flexibility index (Phi) is 11.2. The summed E-state index contributed by atoms with van der Waals surface area (Å²) < 4.78 is 40.0. The number of hydrogen-bond acceptors (Lipinski definition) is 8. The first-order valence-electron chi connectivity index (χ1n) is 14.2. The topological polar surface area (TPSA) is 121 Å². The number of nitrogens with one attached hydrogen (secondary N) is 1. The first kappa shape index (κ1) is 32.4. The average Bonchev–Trinajstić information content (AvgIpc) is 3.46. The maximum atomic E-state index is 12.6. The lowest BCUT2D eigenvalue weighted by Gasteiger charge is -2.31. The zero-order valence-corrected chi connectivity index (χ0v) is 26.1. The minimum Gasteiger partial charge on any atom is -0.487 e. The number of hydrogen-bond donors (Lipinski definition) is 3. The van der Waals surface area contributed by atoms with Crippen LogP contribution in [0.25, 0.3) is 11.1 Å². The van der Waals surface area contributed by atoms with E-state index < -0.39 is 11.1 Å². The Labute approximate surface area is 255 Å². The molecule has 1 aliphatic heterocycles. The maximum absolute atomic E-state index is 12.6. The van der Waals surface area contributed by atoms with E-state index in [1.165, 1.54) is 4.90 Å². The fraction of sp³-hybridized carbons (Fsp3) is 0.406. The molecule has 0 radical (unpaired) electrons. The van der Waals surface area contributed by atoms with Gasteiger partial charge in [-0.3, -0.25) is 9.69 Å². The van der Waals surface area contributed by atoms with E-state index in [0.29, 0.717) is 30.9 Å². The van der Waals surface area contributed by atoms with Crippen LogP contribution in [0.5, 0.6) is 17.2 Å². The quantitative estimate of drug-likeness (QED) is 0.234. The fourth-order valence-corrected chi connectivity index (χ4v) is 5.28. The van der Waals surface area contributed by atoms with Crippen LogP contribution in [0.4, 0.5) is 0 Å². The van der Waals surface area contributed by atoms with Crippen molar-refractivity contribution < 1.29 is 32.9 Å². The number of carbonyl (C=O) groups excluding carboxylic acids is 1. The van der Waals surface area contributed by atoms with Crippen LogP contribution in [-0.4, -0.2) is 89.4 Å². The summed E-state index contributed by atoms with van der Waals surface area (Å²) in [6.07, 6.45) is -0.378. The van der Waals surface area contributed by atoms with Gasteiger partial charge in [0.05, 0.1) is 6.61 Å². The van der Waals surface area contributed by atoms with E-state index in [0.717, 1.165) is 28.2 Å². The van der Waals surface area contributed by atoms with Crippen molar-refractivity contribution in [3.63, 3.8) is 0 Å². The van der Waals surface area contributed by atoms with Crippen LogP contribution in [0, 0.1) is 5.92 Å². The molecule has 3 aromatic carbocycles. The molecule has 3 aromatic rings. The summed E-state index contributed by atoms with van der Waals surface area (Å²) in [6.45, 7) is 5.87. The molecular formula is C32H41N3O7S. The number of likely N-dealkylation sites (N-methyl/N-ethyl adjacent to an activating group) is 1. The summed E-state index contributed by atoms with van der Waals surface area (Å²) >= 11 is -2.28. The number of fused-ring (bicyclic) bond motifs is 1. The second-order valence-corrected chi connectivity index (χ2v) is 12.1. The first-order valence-corrected chi connectivity index (χ1v) is 15.3. The smallest absolute Gasteiger partial charge is 0.253 e. The molecule has 3 N–H and O–H groups in total. The number of aliphatic hydroxyl groups excluding tert-OH is 1. The van der Waals surface area contributed by atoms with Gasteiger partial charge in [0.15, 0.2) is 22.6 Å². The third kappa shape index (κ3) is 8.55. The number of aliphatic hydroxyl groups is 1. The standard InChI is InChI=1S/C32H41N3O7S/c1-21(16-33-22(2)19-36)30(18-35(5)17-23-9-11-27-28(13-23)41-20-40-27)42-29-15-25(10-12-31(29)43(38)39)24-7-6-8-26(14-24)32(37)34(3)4/h6-15,21-22,30,33,36H,16-20H2,1-5H3,(H,38,39)/t21-,22+,30+/m0/s1. The van der Waals surface area contributed by atoms with Crippen molar-refractivity contribution in [3.8, 4) is 28.4 Å². The second-order valence-electron chi connectivity index (χ2n) is 11.2. The summed E-state index contributed by atoms with van der Waals surface area (Å²) in [7, 11) is 5.40. The van der Waals surface area contributed by atoms with Crippen LogP contribution in [0.1, 0.15) is 29.8 Å². The van der Waals surface area contributed by atoms with Gasteiger partial charge in [-0.25, -0.2) is 4.21 Å². The molecule has 0 aliphatic carbocycles. The van der Waals surface area contributed by atoms with Crippen LogP contribution in [0.3, 0.4) is 0 Å². The van der Waals surface area contributed by atoms with Crippen molar-refractivity contribution in [3.05, 3.63) is 71.8 Å². The molecule has 1 heterocycles. The summed E-state index contributed by atoms with van der Waals surface area (Å²) in [4.78, 5) is 16.4. The van der Waals surface area contributed by atoms with Gasteiger partial charge in [0.2, 0.25) is 6.79 Å². The zero-order chi connectivity index (χ0) is 31.1. The summed E-state index contributed by atoms with van der Waals surface area (Å²) in [5, 5.41) is 12.8. The Morgan fingerprint density at radius 3 is 2.49 bits per heavy atom. The molecule has 11 heteroatoms. The van der Waals surface area contributed by atoms with E-state index in [2.05, 4.69) is 10.2 Å². The molecule has 1 amide bonds. The van der Waals surface area contributed by atoms with E-state index in [9.17, 15) is 18.7 Å². The molecule has 0 spiro atoms. The number of rotatable bonds is 14. The van der Waals surface area contributed by atoms with Gasteiger partial charge < -0.3 is 34.1 Å². The van der Waals surface area contributed by atoms with Gasteiger partial charge in [-0.05, 0) is 67.1 Å². The third-order valence-electron chi connectivity index (χ3n) is 7.34. The molecule has 0 aromatic heterocycles. The lowest BCUT2D eigenvalue weighted by molar-refractivity contribution is 0.0827. The van der Waals surface area contributed by atoms with Gasteiger partial charge >= 0.3 is 0 Å². The predicted octanol–water partition coefficient (Wildman–Crippen LogP) is 3.85. The van der Waals surface area contributed by atoms with Crippen molar-refractivity contribution in [2.24, 2.45) is 5.92 Å². The molecule has 0 saturated carbocycles. The van der Waals surface area contributed by atoms with E-state index >= 15 is 0 Å². The number of benzene rings is 3. The lowest BCUT2D eigenvalue weighted by Crippen LogP contribution is -2.43. The van der Waals surface area contributed by atoms with Crippen molar-refractivity contribution in [1.29, 1.82) is 0 Å². The first-order chi connectivity index (χ1) is 20.5. The van der Waals surface area contributed by atoms with E-state index in [1.54, 1.807) is 44.4 Å². The number of nitrogens with zero attached hydrogens (tertiary/aromatic N) is 2. The van der Waals surface area contributed by atoms with Crippen molar-refractivity contribution in [1.82, 2.24) is 15.1 Å². The van der Waals surface area contributed by atoms with Crippen LogP contribution >= 0.6 is 0 Å². The molecule has 1 aliphatic rings. The Hall–Kier alpha value is -3.48. The Balaban J connectivity index is 1.61. The van der Waals surface area contributed by atoms with Crippen LogP contribution in [0.2, 0.25) is 0 Å². The van der Waals surface area contributed by atoms with Gasteiger partial charge in [-0.15, -0.1) is 0 Å². The molecule has 43 heavy (non-hydrogen) atoms. The van der Waals surface area contributed by atoms with E-state index in [1.807, 2.05) is 51.2 Å². The lowest BCUT2D eigenvalue weighted by atomic mass is 10.0. The van der Waals surface area contributed by atoms with Gasteiger partial charge in [0, 0.05) is 51.3 Å². The molecule has 4 atom stereocenters. The van der Waals surface area contributed by atoms with Crippen LogP contribution < -0.4 is 19.5 Å². The third-order valence-corrected chi connectivity index (χ3v) is 8.05. The van der Waals surface area contributed by atoms with Crippen molar-refractivity contribution >= 4 is 17.0 Å². The molecule has 0 fully saturated rings. The van der Waals surface area contributed by atoms with Gasteiger partial charge in [-0.1, -0.05) is 31.2 Å². The van der Waals surface area contributed by atoms with Crippen LogP contribution in [-0.2, 0) is 17.6 Å². The fourth-order valence-electron chi connectivity index (χ4n) is 4.82. The van der Waals surface area contributed by atoms with Crippen LogP contribution in [0.15, 0.2) is 65.6 Å². The summed E-state index contributed by atoms with van der Waals surface area (Å²) in [6, 6.07) is 18.1. The molecule has 0 saturated heterocycles. The molecule has 1 unspecified atom stereocenters. The highest BCUT2D eigenvalue weighted by Gasteiger charge is 2.25. The molecule has 232 valence electrons. The zero-order valence-electron chi connectivity index (χ0n) is 25.3. The average molecular weight is 612 g/mol. The molecule has 10 nitrogen and oxygen atoms in total. The Morgan fingerprint density at radius 1 is 1.02 bits per heavy atom. The minimum atomic E-state index is -2.28. The monoisotopic (exact) mass is 611 g/mol. The highest BCUT2D eigenvalue weighted by molar-refractivity contribution is 7.79. The summed E-state index contributed by atoms with van der Waals surface area (Å²) in [5.41, 5.74) is 3.14. The Bertz CT molecular complexity index is 1430. The molecule has 4 rings (SSSR count). The Morgan fingerprint density at radius 2 is 1.77 bits per heavy atom. The SMILES string of the molecule is C[C@H](CO)NC[C@H](C)[C@@H](CN(C)Cc1ccc2c(c1)OCO2)Oc1cc(-c2cccc(C(=O)N(C)C)c2)ccc1S(=O)O. The minimum absolute atomic E-state index is 0.00728. The predicted molar refractivity (Wildman–Crippen MR) is 166 cm³/mol. The number of amides is 1.